The van der Waals surface area contributed by atoms with Gasteiger partial charge in [0.25, 0.3) is 0 Å². The summed E-state index contributed by atoms with van der Waals surface area (Å²) in [6.45, 7) is 4.35. The first-order chi connectivity index (χ1) is 10.5. The quantitative estimate of drug-likeness (QED) is 0.893. The molecular weight excluding hydrogens is 276 g/mol. The second kappa shape index (κ2) is 5.60. The number of phenolic OH excluding ortho intramolecular Hbond substituents is 1. The Hall–Kier alpha value is -1.51. The van der Waals surface area contributed by atoms with E-state index in [9.17, 15) is 9.90 Å². The standard InChI is InChI=1S/C19H26O3/c1-12-5-4-10-19(11-14(20)7-8-15(12)19)17-13(2)6-9-16(22-3)18(17)21/h6,9,12,15,21H,4-5,7-8,10-11H2,1-3H3/t12-,15-,19-/m1/s1. The lowest BCUT2D eigenvalue weighted by molar-refractivity contribution is -0.125. The van der Waals surface area contributed by atoms with Crippen LogP contribution in [-0.4, -0.2) is 18.0 Å². The summed E-state index contributed by atoms with van der Waals surface area (Å²) in [7, 11) is 1.58. The van der Waals surface area contributed by atoms with E-state index in [4.69, 9.17) is 4.74 Å². The molecule has 1 aromatic rings. The van der Waals surface area contributed by atoms with Gasteiger partial charge < -0.3 is 9.84 Å². The summed E-state index contributed by atoms with van der Waals surface area (Å²) in [6, 6.07) is 3.83. The number of hydrogen-bond donors (Lipinski definition) is 1. The van der Waals surface area contributed by atoms with E-state index < -0.39 is 0 Å². The van der Waals surface area contributed by atoms with E-state index >= 15 is 0 Å². The van der Waals surface area contributed by atoms with Crippen LogP contribution in [0.4, 0.5) is 0 Å². The monoisotopic (exact) mass is 302 g/mol. The number of methoxy groups -OCH3 is 1. The Kier molecular flexibility index (Phi) is 3.92. The third-order valence-electron chi connectivity index (χ3n) is 5.99. The minimum atomic E-state index is -0.199. The lowest BCUT2D eigenvalue weighted by Gasteiger charge is -2.51. The summed E-state index contributed by atoms with van der Waals surface area (Å²) in [6.07, 6.45) is 5.57. The van der Waals surface area contributed by atoms with Crippen molar-refractivity contribution in [3.8, 4) is 11.5 Å². The predicted molar refractivity (Wildman–Crippen MR) is 86.4 cm³/mol. The molecule has 1 N–H and O–H groups in total. The minimum absolute atomic E-state index is 0.199. The molecule has 0 bridgehead atoms. The number of ether oxygens (including phenoxy) is 1. The zero-order valence-electron chi connectivity index (χ0n) is 13.8. The average Bonchev–Trinajstić information content (AvgIpc) is 2.47. The molecule has 2 aliphatic rings. The molecular formula is C19H26O3. The minimum Gasteiger partial charge on any atom is -0.504 e. The van der Waals surface area contributed by atoms with E-state index in [0.717, 1.165) is 30.4 Å². The maximum atomic E-state index is 12.3. The van der Waals surface area contributed by atoms with Crippen LogP contribution in [0, 0.1) is 18.8 Å². The number of aryl methyl sites for hydroxylation is 1. The first kappa shape index (κ1) is 15.4. The highest BCUT2D eigenvalue weighted by Crippen LogP contribution is 2.57. The topological polar surface area (TPSA) is 46.5 Å². The molecule has 2 aliphatic carbocycles. The first-order valence-corrected chi connectivity index (χ1v) is 8.38. The van der Waals surface area contributed by atoms with Gasteiger partial charge in [-0.05, 0) is 43.2 Å². The molecule has 2 fully saturated rings. The number of benzene rings is 1. The zero-order valence-corrected chi connectivity index (χ0v) is 13.8. The van der Waals surface area contributed by atoms with Crippen molar-refractivity contribution >= 4 is 5.78 Å². The van der Waals surface area contributed by atoms with Crippen molar-refractivity contribution < 1.29 is 14.6 Å². The van der Waals surface area contributed by atoms with Crippen molar-refractivity contribution in [3.63, 3.8) is 0 Å². The van der Waals surface area contributed by atoms with Gasteiger partial charge in [-0.3, -0.25) is 4.79 Å². The number of hydrogen-bond acceptors (Lipinski definition) is 3. The van der Waals surface area contributed by atoms with Crippen LogP contribution in [0.25, 0.3) is 0 Å². The molecule has 1 aromatic carbocycles. The molecule has 0 spiro atoms. The summed E-state index contributed by atoms with van der Waals surface area (Å²) in [5, 5.41) is 10.8. The molecule has 0 unspecified atom stereocenters. The molecule has 120 valence electrons. The summed E-state index contributed by atoms with van der Waals surface area (Å²) < 4.78 is 5.33. The third-order valence-corrected chi connectivity index (χ3v) is 5.99. The highest BCUT2D eigenvalue weighted by Gasteiger charge is 2.50. The van der Waals surface area contributed by atoms with Gasteiger partial charge in [0.2, 0.25) is 0 Å². The number of fused-ring (bicyclic) bond motifs is 1. The molecule has 22 heavy (non-hydrogen) atoms. The SMILES string of the molecule is COc1ccc(C)c([C@@]23CCC[C@@H](C)[C@H]2CCC(=O)C3)c1O. The van der Waals surface area contributed by atoms with E-state index in [0.29, 0.717) is 36.2 Å². The molecule has 3 atom stereocenters. The number of Topliss-reactive ketones (excluding diaryl/α,β-unsaturated/α-hetero) is 1. The number of carbonyl (C=O) groups excluding carboxylic acids is 1. The van der Waals surface area contributed by atoms with Gasteiger partial charge in [-0.15, -0.1) is 0 Å². The van der Waals surface area contributed by atoms with Crippen molar-refractivity contribution in [2.24, 2.45) is 11.8 Å². The predicted octanol–water partition coefficient (Wildman–Crippen LogP) is 4.14. The van der Waals surface area contributed by atoms with Gasteiger partial charge in [0, 0.05) is 23.8 Å². The lowest BCUT2D eigenvalue weighted by Crippen LogP contribution is -2.47. The number of carbonyl (C=O) groups is 1. The van der Waals surface area contributed by atoms with Crippen molar-refractivity contribution in [2.75, 3.05) is 7.11 Å². The van der Waals surface area contributed by atoms with Crippen LogP contribution < -0.4 is 4.74 Å². The van der Waals surface area contributed by atoms with Crippen LogP contribution in [0.15, 0.2) is 12.1 Å². The third kappa shape index (κ3) is 2.22. The summed E-state index contributed by atoms with van der Waals surface area (Å²) in [4.78, 5) is 12.3. The zero-order chi connectivity index (χ0) is 15.9. The molecule has 2 saturated carbocycles. The summed E-state index contributed by atoms with van der Waals surface area (Å²) in [5.41, 5.74) is 1.85. The Labute approximate surface area is 132 Å². The van der Waals surface area contributed by atoms with E-state index in [1.165, 1.54) is 6.42 Å². The second-order valence-corrected chi connectivity index (χ2v) is 7.19. The van der Waals surface area contributed by atoms with Crippen molar-refractivity contribution in [3.05, 3.63) is 23.3 Å². The molecule has 0 radical (unpaired) electrons. The van der Waals surface area contributed by atoms with Crippen LogP contribution in [-0.2, 0) is 10.2 Å². The second-order valence-electron chi connectivity index (χ2n) is 7.19. The molecule has 3 rings (SSSR count). The fourth-order valence-electron chi connectivity index (χ4n) is 5.07. The van der Waals surface area contributed by atoms with E-state index in [2.05, 4.69) is 6.92 Å². The Bertz CT molecular complexity index is 593. The summed E-state index contributed by atoms with van der Waals surface area (Å²) >= 11 is 0. The van der Waals surface area contributed by atoms with Crippen LogP contribution in [0.5, 0.6) is 11.5 Å². The fraction of sp³-hybridized carbons (Fsp3) is 0.632. The van der Waals surface area contributed by atoms with Gasteiger partial charge >= 0.3 is 0 Å². The van der Waals surface area contributed by atoms with Gasteiger partial charge in [0.05, 0.1) is 7.11 Å². The van der Waals surface area contributed by atoms with Crippen LogP contribution in [0.3, 0.4) is 0 Å². The Morgan fingerprint density at radius 3 is 2.82 bits per heavy atom. The highest BCUT2D eigenvalue weighted by molar-refractivity contribution is 5.81. The van der Waals surface area contributed by atoms with Crippen LogP contribution in [0.1, 0.15) is 56.6 Å². The number of aromatic hydroxyl groups is 1. The molecule has 0 amide bonds. The molecule has 0 aliphatic heterocycles. The Morgan fingerprint density at radius 1 is 1.32 bits per heavy atom. The molecule has 0 saturated heterocycles. The van der Waals surface area contributed by atoms with Crippen molar-refractivity contribution in [2.45, 2.75) is 57.8 Å². The van der Waals surface area contributed by atoms with Gasteiger partial charge in [0.1, 0.15) is 5.78 Å². The van der Waals surface area contributed by atoms with Crippen molar-refractivity contribution in [1.82, 2.24) is 0 Å². The molecule has 0 aromatic heterocycles. The molecule has 3 nitrogen and oxygen atoms in total. The normalized spacial score (nSPS) is 31.7. The van der Waals surface area contributed by atoms with E-state index in [1.54, 1.807) is 7.11 Å². The number of rotatable bonds is 2. The highest BCUT2D eigenvalue weighted by atomic mass is 16.5. The molecule has 0 heterocycles. The Balaban J connectivity index is 2.19. The summed E-state index contributed by atoms with van der Waals surface area (Å²) in [5.74, 6) is 2.19. The van der Waals surface area contributed by atoms with Gasteiger partial charge in [-0.2, -0.15) is 0 Å². The number of phenols is 1. The van der Waals surface area contributed by atoms with Crippen molar-refractivity contribution in [1.29, 1.82) is 0 Å². The first-order valence-electron chi connectivity index (χ1n) is 8.38. The van der Waals surface area contributed by atoms with Gasteiger partial charge in [-0.1, -0.05) is 25.8 Å². The lowest BCUT2D eigenvalue weighted by atomic mass is 9.52. The fourth-order valence-corrected chi connectivity index (χ4v) is 5.07. The number of ketones is 1. The van der Waals surface area contributed by atoms with E-state index in [-0.39, 0.29) is 11.2 Å². The van der Waals surface area contributed by atoms with Crippen LogP contribution in [0.2, 0.25) is 0 Å². The maximum absolute atomic E-state index is 12.3. The van der Waals surface area contributed by atoms with Crippen LogP contribution >= 0.6 is 0 Å². The van der Waals surface area contributed by atoms with E-state index in [1.807, 2.05) is 19.1 Å². The van der Waals surface area contributed by atoms with Gasteiger partial charge in [0.15, 0.2) is 11.5 Å². The Morgan fingerprint density at radius 2 is 2.09 bits per heavy atom. The maximum Gasteiger partial charge on any atom is 0.161 e. The largest absolute Gasteiger partial charge is 0.504 e. The average molecular weight is 302 g/mol. The van der Waals surface area contributed by atoms with Gasteiger partial charge in [-0.25, -0.2) is 0 Å². The molecule has 3 heteroatoms. The smallest absolute Gasteiger partial charge is 0.161 e.